The minimum absolute atomic E-state index is 0.229. The van der Waals surface area contributed by atoms with Gasteiger partial charge in [-0.2, -0.15) is 0 Å². The summed E-state index contributed by atoms with van der Waals surface area (Å²) in [7, 11) is 0. The van der Waals surface area contributed by atoms with Crippen LogP contribution < -0.4 is 4.74 Å². The van der Waals surface area contributed by atoms with E-state index in [2.05, 4.69) is 4.98 Å². The van der Waals surface area contributed by atoms with E-state index in [1.165, 1.54) is 24.4 Å². The van der Waals surface area contributed by atoms with Gasteiger partial charge in [-0.05, 0) is 31.2 Å². The van der Waals surface area contributed by atoms with E-state index in [-0.39, 0.29) is 6.61 Å². The van der Waals surface area contributed by atoms with Gasteiger partial charge in [-0.3, -0.25) is 4.98 Å². The Labute approximate surface area is 115 Å². The van der Waals surface area contributed by atoms with Gasteiger partial charge in [0.2, 0.25) is 0 Å². The predicted molar refractivity (Wildman–Crippen MR) is 70.6 cm³/mol. The fraction of sp³-hybridized carbons (Fsp3) is 0.214. The van der Waals surface area contributed by atoms with Crippen LogP contribution >= 0.6 is 11.6 Å². The van der Waals surface area contributed by atoms with Crippen LogP contribution in [0, 0.1) is 5.82 Å². The molecule has 0 aliphatic carbocycles. The van der Waals surface area contributed by atoms with Gasteiger partial charge in [-0.25, -0.2) is 4.39 Å². The molecule has 0 aliphatic heterocycles. The molecular weight excluding hydrogens is 269 g/mol. The lowest BCUT2D eigenvalue weighted by molar-refractivity contribution is 0.189. The van der Waals surface area contributed by atoms with Crippen LogP contribution in [0.1, 0.15) is 24.2 Å². The van der Waals surface area contributed by atoms with Crippen molar-refractivity contribution in [2.24, 2.45) is 0 Å². The molecule has 19 heavy (non-hydrogen) atoms. The largest absolute Gasteiger partial charge is 0.488 e. The molecule has 5 heteroatoms. The first-order valence-corrected chi connectivity index (χ1v) is 6.14. The number of hydrogen-bond donors (Lipinski definition) is 1. The first-order chi connectivity index (χ1) is 9.08. The highest BCUT2D eigenvalue weighted by molar-refractivity contribution is 6.31. The summed E-state index contributed by atoms with van der Waals surface area (Å²) >= 11 is 5.97. The number of benzene rings is 1. The lowest BCUT2D eigenvalue weighted by atomic mass is 10.1. The van der Waals surface area contributed by atoms with Crippen LogP contribution in [0.4, 0.5) is 4.39 Å². The Balaban J connectivity index is 2.18. The van der Waals surface area contributed by atoms with Crippen LogP contribution in [0.2, 0.25) is 5.02 Å². The standard InChI is InChI=1S/C14H13ClFNO2/c1-9(18)12-6-11(16)2-3-14(12)19-8-10-4-5-17-7-13(10)15/h2-7,9,18H,8H2,1H3. The Hall–Kier alpha value is -1.65. The molecule has 1 aromatic heterocycles. The molecule has 100 valence electrons. The third-order valence-electron chi connectivity index (χ3n) is 2.66. The van der Waals surface area contributed by atoms with Gasteiger partial charge in [0, 0.05) is 23.5 Å². The van der Waals surface area contributed by atoms with Crippen molar-refractivity contribution in [1.82, 2.24) is 4.98 Å². The average molecular weight is 282 g/mol. The highest BCUT2D eigenvalue weighted by Gasteiger charge is 2.11. The molecule has 1 aromatic carbocycles. The summed E-state index contributed by atoms with van der Waals surface area (Å²) in [4.78, 5) is 3.88. The lowest BCUT2D eigenvalue weighted by Crippen LogP contribution is -2.02. The summed E-state index contributed by atoms with van der Waals surface area (Å²) in [5, 5.41) is 10.1. The highest BCUT2D eigenvalue weighted by atomic mass is 35.5. The first-order valence-electron chi connectivity index (χ1n) is 5.76. The smallest absolute Gasteiger partial charge is 0.125 e. The third kappa shape index (κ3) is 3.43. The molecule has 0 saturated heterocycles. The molecule has 0 amide bonds. The molecule has 2 aromatic rings. The third-order valence-corrected chi connectivity index (χ3v) is 3.00. The normalized spacial score (nSPS) is 12.2. The molecule has 2 rings (SSSR count). The van der Waals surface area contributed by atoms with Gasteiger partial charge in [0.25, 0.3) is 0 Å². The number of nitrogens with zero attached hydrogens (tertiary/aromatic N) is 1. The molecular formula is C14H13ClFNO2. The minimum Gasteiger partial charge on any atom is -0.488 e. The van der Waals surface area contributed by atoms with Crippen LogP contribution in [0.3, 0.4) is 0 Å². The number of aromatic nitrogens is 1. The Bertz CT molecular complexity index is 575. The molecule has 0 radical (unpaired) electrons. The monoisotopic (exact) mass is 281 g/mol. The number of pyridine rings is 1. The minimum atomic E-state index is -0.807. The van der Waals surface area contributed by atoms with Crippen molar-refractivity contribution < 1.29 is 14.2 Å². The van der Waals surface area contributed by atoms with Crippen molar-refractivity contribution in [3.63, 3.8) is 0 Å². The van der Waals surface area contributed by atoms with E-state index in [9.17, 15) is 9.50 Å². The molecule has 0 saturated carbocycles. The maximum atomic E-state index is 13.1. The van der Waals surface area contributed by atoms with Gasteiger partial charge in [0.15, 0.2) is 0 Å². The van der Waals surface area contributed by atoms with E-state index in [1.807, 2.05) is 0 Å². The Kier molecular flexibility index (Phi) is 4.35. The van der Waals surface area contributed by atoms with Gasteiger partial charge in [0.05, 0.1) is 11.1 Å². The fourth-order valence-electron chi connectivity index (χ4n) is 1.65. The number of hydrogen-bond acceptors (Lipinski definition) is 3. The molecule has 1 N–H and O–H groups in total. The highest BCUT2D eigenvalue weighted by Crippen LogP contribution is 2.27. The van der Waals surface area contributed by atoms with Gasteiger partial charge in [0.1, 0.15) is 18.2 Å². The summed E-state index contributed by atoms with van der Waals surface area (Å²) in [6, 6.07) is 5.78. The Morgan fingerprint density at radius 1 is 1.42 bits per heavy atom. The zero-order valence-electron chi connectivity index (χ0n) is 10.3. The average Bonchev–Trinajstić information content (AvgIpc) is 2.38. The Morgan fingerprint density at radius 2 is 2.21 bits per heavy atom. The van der Waals surface area contributed by atoms with Crippen LogP contribution in [0.15, 0.2) is 36.7 Å². The van der Waals surface area contributed by atoms with Crippen LogP contribution in [-0.4, -0.2) is 10.1 Å². The van der Waals surface area contributed by atoms with E-state index in [4.69, 9.17) is 16.3 Å². The van der Waals surface area contributed by atoms with Crippen molar-refractivity contribution in [3.05, 3.63) is 58.6 Å². The summed E-state index contributed by atoms with van der Waals surface area (Å²) < 4.78 is 18.7. The maximum absolute atomic E-state index is 13.1. The quantitative estimate of drug-likeness (QED) is 0.932. The molecule has 0 bridgehead atoms. The van der Waals surface area contributed by atoms with E-state index < -0.39 is 11.9 Å². The molecule has 1 unspecified atom stereocenters. The van der Waals surface area contributed by atoms with Crippen LogP contribution in [-0.2, 0) is 6.61 Å². The summed E-state index contributed by atoms with van der Waals surface area (Å²) in [5.74, 6) is 0.0227. The number of rotatable bonds is 4. The molecule has 3 nitrogen and oxygen atoms in total. The summed E-state index contributed by atoms with van der Waals surface area (Å²) in [5.41, 5.74) is 1.18. The van der Waals surface area contributed by atoms with E-state index >= 15 is 0 Å². The van der Waals surface area contributed by atoms with Crippen LogP contribution in [0.5, 0.6) is 5.75 Å². The van der Waals surface area contributed by atoms with Gasteiger partial charge >= 0.3 is 0 Å². The van der Waals surface area contributed by atoms with Gasteiger partial charge < -0.3 is 9.84 Å². The molecule has 1 atom stereocenters. The first kappa shape index (κ1) is 13.8. The molecule has 1 heterocycles. The van der Waals surface area contributed by atoms with Crippen molar-refractivity contribution in [2.75, 3.05) is 0 Å². The second-order valence-corrected chi connectivity index (χ2v) is 4.52. The van der Waals surface area contributed by atoms with Crippen LogP contribution in [0.25, 0.3) is 0 Å². The van der Waals surface area contributed by atoms with Gasteiger partial charge in [-0.1, -0.05) is 11.6 Å². The second kappa shape index (κ2) is 5.99. The number of ether oxygens (including phenoxy) is 1. The number of aliphatic hydroxyl groups excluding tert-OH is 1. The number of aliphatic hydroxyl groups is 1. The van der Waals surface area contributed by atoms with E-state index in [0.29, 0.717) is 16.3 Å². The summed E-state index contributed by atoms with van der Waals surface area (Å²) in [6.07, 6.45) is 2.34. The molecule has 0 fully saturated rings. The zero-order chi connectivity index (χ0) is 13.8. The van der Waals surface area contributed by atoms with Gasteiger partial charge in [-0.15, -0.1) is 0 Å². The zero-order valence-corrected chi connectivity index (χ0v) is 11.1. The SMILES string of the molecule is CC(O)c1cc(F)ccc1OCc1ccncc1Cl. The fourth-order valence-corrected chi connectivity index (χ4v) is 1.83. The van der Waals surface area contributed by atoms with Crippen molar-refractivity contribution in [3.8, 4) is 5.75 Å². The molecule has 0 spiro atoms. The topological polar surface area (TPSA) is 42.4 Å². The van der Waals surface area contributed by atoms with Crippen molar-refractivity contribution >= 4 is 11.6 Å². The van der Waals surface area contributed by atoms with Crippen molar-refractivity contribution in [1.29, 1.82) is 0 Å². The Morgan fingerprint density at radius 3 is 2.89 bits per heavy atom. The molecule has 0 aliphatic rings. The van der Waals surface area contributed by atoms with E-state index in [1.54, 1.807) is 19.2 Å². The summed E-state index contributed by atoms with van der Waals surface area (Å²) in [6.45, 7) is 1.79. The van der Waals surface area contributed by atoms with Crippen molar-refractivity contribution in [2.45, 2.75) is 19.6 Å². The van der Waals surface area contributed by atoms with E-state index in [0.717, 1.165) is 5.56 Å². The lowest BCUT2D eigenvalue weighted by Gasteiger charge is -2.14. The second-order valence-electron chi connectivity index (χ2n) is 4.11. The number of halogens is 2. The maximum Gasteiger partial charge on any atom is 0.125 e. The predicted octanol–water partition coefficient (Wildman–Crippen LogP) is 3.51.